The smallest absolute Gasteiger partial charge is 0.213 e. The highest BCUT2D eigenvalue weighted by Gasteiger charge is 2.33. The Bertz CT molecular complexity index is 1810. The molecular weight excluding hydrogens is 753 g/mol. The molecule has 16 heteroatoms. The summed E-state index contributed by atoms with van der Waals surface area (Å²) < 4.78 is 63.3. The van der Waals surface area contributed by atoms with Gasteiger partial charge in [0, 0.05) is 50.5 Å². The van der Waals surface area contributed by atoms with Crippen molar-refractivity contribution in [2.24, 2.45) is 44.8 Å². The second-order valence-electron chi connectivity index (χ2n) is 14.6. The van der Waals surface area contributed by atoms with Crippen molar-refractivity contribution in [2.45, 2.75) is 110 Å². The SMILES string of the molecule is NC(N)=NCCC1CCC(S(=O)(=O)c2ccc(OC3C=CC=CC3)nc2)CC1.NC(N)=NCCC1CCC(S(=O)(=O)c2ccc(OC3C=CC=CC3)nc2)CC1. The van der Waals surface area contributed by atoms with E-state index in [1.807, 2.05) is 48.6 Å². The number of pyridine rings is 2. The summed E-state index contributed by atoms with van der Waals surface area (Å²) in [5.74, 6) is 2.03. The molecule has 6 rings (SSSR count). The van der Waals surface area contributed by atoms with Gasteiger partial charge in [-0.15, -0.1) is 0 Å². The van der Waals surface area contributed by atoms with Crippen LogP contribution in [-0.2, 0) is 19.7 Å². The highest BCUT2D eigenvalue weighted by atomic mass is 32.2. The summed E-state index contributed by atoms with van der Waals surface area (Å²) in [7, 11) is -6.76. The minimum atomic E-state index is -3.38. The number of hydrogen-bond donors (Lipinski definition) is 4. The zero-order valence-corrected chi connectivity index (χ0v) is 33.4. The molecule has 4 aliphatic rings. The van der Waals surface area contributed by atoms with E-state index in [4.69, 9.17) is 32.4 Å². The summed E-state index contributed by atoms with van der Waals surface area (Å²) in [5, 5.41) is -0.710. The Morgan fingerprint density at radius 2 is 0.982 bits per heavy atom. The van der Waals surface area contributed by atoms with Gasteiger partial charge in [0.15, 0.2) is 31.6 Å². The van der Waals surface area contributed by atoms with E-state index in [0.29, 0.717) is 62.4 Å². The lowest BCUT2D eigenvalue weighted by molar-refractivity contribution is 0.241. The summed E-state index contributed by atoms with van der Waals surface area (Å²) >= 11 is 0. The van der Waals surface area contributed by atoms with Crippen molar-refractivity contribution in [3.05, 3.63) is 85.3 Å². The molecule has 8 N–H and O–H groups in total. The van der Waals surface area contributed by atoms with E-state index in [9.17, 15) is 16.8 Å². The Morgan fingerprint density at radius 3 is 1.29 bits per heavy atom. The number of aliphatic imine (C=N–C) groups is 2. The Balaban J connectivity index is 0.000000214. The maximum Gasteiger partial charge on any atom is 0.213 e. The van der Waals surface area contributed by atoms with Gasteiger partial charge in [-0.1, -0.05) is 36.5 Å². The highest BCUT2D eigenvalue weighted by molar-refractivity contribution is 7.92. The standard InChI is InChI=1S/2C20H28N4O3S/c2*21-20(22)23-13-12-15-6-8-17(9-7-15)28(25,26)18-10-11-19(24-14-18)27-16-4-2-1-3-5-16/h2*1-4,10-11,14-17H,5-9,12-13H2,(H4,21,22,23). The lowest BCUT2D eigenvalue weighted by Gasteiger charge is -2.28. The van der Waals surface area contributed by atoms with Crippen molar-refractivity contribution in [1.29, 1.82) is 0 Å². The van der Waals surface area contributed by atoms with Crippen molar-refractivity contribution in [3.8, 4) is 11.8 Å². The fourth-order valence-electron chi connectivity index (χ4n) is 7.41. The number of ether oxygens (including phenoxy) is 2. The van der Waals surface area contributed by atoms with Gasteiger partial charge in [0.05, 0.1) is 20.3 Å². The number of nitrogens with two attached hydrogens (primary N) is 4. The molecule has 0 bridgehead atoms. The van der Waals surface area contributed by atoms with Crippen molar-refractivity contribution >= 4 is 31.6 Å². The van der Waals surface area contributed by atoms with Crippen LogP contribution in [0.3, 0.4) is 0 Å². The Morgan fingerprint density at radius 1 is 0.589 bits per heavy atom. The molecular formula is C40H56N8O6S2. The number of rotatable bonds is 14. The van der Waals surface area contributed by atoms with Crippen molar-refractivity contribution < 1.29 is 26.3 Å². The van der Waals surface area contributed by atoms with E-state index in [-0.39, 0.29) is 44.4 Å². The summed E-state index contributed by atoms with van der Waals surface area (Å²) in [5.41, 5.74) is 21.4. The summed E-state index contributed by atoms with van der Waals surface area (Å²) in [6, 6.07) is 6.48. The topological polar surface area (TPSA) is 241 Å². The summed E-state index contributed by atoms with van der Waals surface area (Å²) in [6.45, 7) is 1.20. The quantitative estimate of drug-likeness (QED) is 0.150. The van der Waals surface area contributed by atoms with Gasteiger partial charge in [-0.2, -0.15) is 0 Å². The van der Waals surface area contributed by atoms with Gasteiger partial charge in [-0.3, -0.25) is 9.98 Å². The van der Waals surface area contributed by atoms with E-state index in [2.05, 4.69) is 20.0 Å². The molecule has 2 fully saturated rings. The van der Waals surface area contributed by atoms with Crippen LogP contribution in [0.5, 0.6) is 11.8 Å². The molecule has 0 aliphatic heterocycles. The van der Waals surface area contributed by atoms with Crippen LogP contribution in [-0.4, -0.2) is 74.5 Å². The molecule has 2 unspecified atom stereocenters. The fraction of sp³-hybridized carbons (Fsp3) is 0.500. The number of sulfone groups is 2. The molecule has 0 saturated heterocycles. The zero-order chi connectivity index (χ0) is 40.0. The third-order valence-electron chi connectivity index (χ3n) is 10.6. The number of allylic oxidation sites excluding steroid dienone is 4. The minimum absolute atomic E-state index is 0.0609. The predicted octanol–water partition coefficient (Wildman–Crippen LogP) is 4.68. The van der Waals surface area contributed by atoms with Crippen molar-refractivity contribution in [3.63, 3.8) is 0 Å². The summed E-state index contributed by atoms with van der Waals surface area (Å²) in [6.07, 6.45) is 28.0. The van der Waals surface area contributed by atoms with Gasteiger partial charge in [0.2, 0.25) is 11.8 Å². The molecule has 14 nitrogen and oxygen atoms in total. The molecule has 2 aromatic rings. The Labute approximate surface area is 331 Å². The molecule has 2 atom stereocenters. The summed E-state index contributed by atoms with van der Waals surface area (Å²) in [4.78, 5) is 17.0. The third-order valence-corrected chi connectivity index (χ3v) is 15.1. The molecule has 56 heavy (non-hydrogen) atoms. The maximum atomic E-state index is 12.9. The van der Waals surface area contributed by atoms with Crippen LogP contribution in [0.1, 0.15) is 77.0 Å². The first kappa shape index (κ1) is 42.4. The van der Waals surface area contributed by atoms with E-state index < -0.39 is 19.7 Å². The molecule has 2 aromatic heterocycles. The first-order chi connectivity index (χ1) is 26.9. The van der Waals surface area contributed by atoms with Gasteiger partial charge in [-0.25, -0.2) is 26.8 Å². The van der Waals surface area contributed by atoms with Crippen LogP contribution in [0.25, 0.3) is 0 Å². The number of nitrogens with zero attached hydrogens (tertiary/aromatic N) is 4. The molecule has 0 amide bonds. The third kappa shape index (κ3) is 12.7. The normalized spacial score (nSPS) is 24.6. The molecule has 2 heterocycles. The monoisotopic (exact) mass is 808 g/mol. The molecule has 4 aliphatic carbocycles. The molecule has 0 radical (unpaired) electrons. The molecule has 0 aromatic carbocycles. The highest BCUT2D eigenvalue weighted by Crippen LogP contribution is 2.35. The van der Waals surface area contributed by atoms with Crippen LogP contribution in [0, 0.1) is 11.8 Å². The molecule has 2 saturated carbocycles. The molecule has 0 spiro atoms. The second kappa shape index (κ2) is 20.5. The van der Waals surface area contributed by atoms with E-state index in [1.54, 1.807) is 24.3 Å². The molecule has 304 valence electrons. The maximum absolute atomic E-state index is 12.9. The predicted molar refractivity (Wildman–Crippen MR) is 220 cm³/mol. The van der Waals surface area contributed by atoms with Gasteiger partial charge in [0.1, 0.15) is 12.2 Å². The van der Waals surface area contributed by atoms with Gasteiger partial charge in [-0.05, 0) is 100 Å². The van der Waals surface area contributed by atoms with Crippen molar-refractivity contribution in [1.82, 2.24) is 9.97 Å². The van der Waals surface area contributed by atoms with E-state index in [1.165, 1.54) is 12.4 Å². The van der Waals surface area contributed by atoms with Crippen LogP contribution >= 0.6 is 0 Å². The van der Waals surface area contributed by atoms with E-state index >= 15 is 0 Å². The lowest BCUT2D eigenvalue weighted by atomic mass is 9.87. The Hall–Kier alpha value is -4.70. The second-order valence-corrected chi connectivity index (χ2v) is 19.1. The first-order valence-electron chi connectivity index (χ1n) is 19.4. The van der Waals surface area contributed by atoms with Crippen LogP contribution in [0.15, 0.2) is 105 Å². The number of hydrogen-bond acceptors (Lipinski definition) is 10. The Kier molecular flexibility index (Phi) is 15.5. The fourth-order valence-corrected chi connectivity index (χ4v) is 10.9. The van der Waals surface area contributed by atoms with Gasteiger partial charge in [0.25, 0.3) is 0 Å². The van der Waals surface area contributed by atoms with Crippen LogP contribution < -0.4 is 32.4 Å². The van der Waals surface area contributed by atoms with Crippen LogP contribution in [0.2, 0.25) is 0 Å². The minimum Gasteiger partial charge on any atom is -0.470 e. The van der Waals surface area contributed by atoms with Crippen molar-refractivity contribution in [2.75, 3.05) is 13.1 Å². The average molecular weight is 809 g/mol. The van der Waals surface area contributed by atoms with Gasteiger partial charge >= 0.3 is 0 Å². The number of guanidine groups is 2. The average Bonchev–Trinajstić information content (AvgIpc) is 3.19. The first-order valence-corrected chi connectivity index (χ1v) is 22.5. The zero-order valence-electron chi connectivity index (χ0n) is 31.8. The van der Waals surface area contributed by atoms with E-state index in [0.717, 1.165) is 51.4 Å². The van der Waals surface area contributed by atoms with Crippen LogP contribution in [0.4, 0.5) is 0 Å². The number of aromatic nitrogens is 2. The lowest BCUT2D eigenvalue weighted by Crippen LogP contribution is -2.28. The largest absolute Gasteiger partial charge is 0.470 e. The van der Waals surface area contributed by atoms with Gasteiger partial charge < -0.3 is 32.4 Å².